The number of aryl methyl sites for hydroxylation is 1. The molecular formula is C13H10ClF3N4O5. The third-order valence-electron chi connectivity index (χ3n) is 3.23. The van der Waals surface area contributed by atoms with Crippen molar-refractivity contribution >= 4 is 29.1 Å². The van der Waals surface area contributed by atoms with Crippen LogP contribution in [-0.4, -0.2) is 33.0 Å². The van der Waals surface area contributed by atoms with E-state index >= 15 is 0 Å². The third kappa shape index (κ3) is 3.64. The number of anilines is 1. The molecule has 1 heterocycles. The van der Waals surface area contributed by atoms with Gasteiger partial charge in [0.2, 0.25) is 0 Å². The van der Waals surface area contributed by atoms with Crippen molar-refractivity contribution in [2.75, 3.05) is 11.9 Å². The van der Waals surface area contributed by atoms with Gasteiger partial charge in [-0.3, -0.25) is 19.7 Å². The second-order valence-corrected chi connectivity index (χ2v) is 5.32. The molecule has 0 aliphatic rings. The molecule has 0 unspecified atom stereocenters. The molecule has 1 N–H and O–H groups in total. The molecule has 0 bridgehead atoms. The molecule has 2 rings (SSSR count). The van der Waals surface area contributed by atoms with E-state index in [4.69, 9.17) is 21.4 Å². The van der Waals surface area contributed by atoms with Crippen LogP contribution in [0.5, 0.6) is 11.6 Å². The van der Waals surface area contributed by atoms with Crippen molar-refractivity contribution < 1.29 is 32.7 Å². The Labute approximate surface area is 148 Å². The predicted molar refractivity (Wildman–Crippen MR) is 82.8 cm³/mol. The molecule has 0 saturated carbocycles. The Hall–Kier alpha value is -3.02. The predicted octanol–water partition coefficient (Wildman–Crippen LogP) is 3.91. The van der Waals surface area contributed by atoms with E-state index in [-0.39, 0.29) is 11.4 Å². The number of hydrogen-bond acceptors (Lipinski definition) is 5. The SMILES string of the molecule is CN(C(=O)O)c1cc(Oc2nn(C)c(C(F)(F)F)c2Cl)ccc1[N+](=O)[O-]. The van der Waals surface area contributed by atoms with Crippen LogP contribution in [0, 0.1) is 10.1 Å². The van der Waals surface area contributed by atoms with E-state index in [1.807, 2.05) is 0 Å². The highest BCUT2D eigenvalue weighted by Crippen LogP contribution is 2.41. The Morgan fingerprint density at radius 3 is 2.54 bits per heavy atom. The molecule has 0 saturated heterocycles. The highest BCUT2D eigenvalue weighted by Gasteiger charge is 2.39. The largest absolute Gasteiger partial charge is 0.465 e. The first-order valence-electron chi connectivity index (χ1n) is 6.66. The summed E-state index contributed by atoms with van der Waals surface area (Å²) in [6.07, 6.45) is -6.26. The molecule has 0 atom stereocenters. The number of rotatable bonds is 4. The van der Waals surface area contributed by atoms with E-state index in [9.17, 15) is 28.1 Å². The molecule has 1 amide bonds. The topological polar surface area (TPSA) is 111 Å². The van der Waals surface area contributed by atoms with Crippen LogP contribution in [0.1, 0.15) is 5.69 Å². The number of carbonyl (C=O) groups is 1. The van der Waals surface area contributed by atoms with Gasteiger partial charge < -0.3 is 9.84 Å². The third-order valence-corrected chi connectivity index (χ3v) is 3.58. The van der Waals surface area contributed by atoms with Gasteiger partial charge in [-0.05, 0) is 6.07 Å². The average Bonchev–Trinajstić information content (AvgIpc) is 2.79. The van der Waals surface area contributed by atoms with Gasteiger partial charge in [0.15, 0.2) is 5.69 Å². The van der Waals surface area contributed by atoms with Gasteiger partial charge in [0.25, 0.3) is 11.6 Å². The summed E-state index contributed by atoms with van der Waals surface area (Å²) in [6.45, 7) is 0. The molecule has 0 spiro atoms. The zero-order valence-electron chi connectivity index (χ0n) is 13.1. The summed E-state index contributed by atoms with van der Waals surface area (Å²) < 4.78 is 44.4. The maximum Gasteiger partial charge on any atom is 0.434 e. The van der Waals surface area contributed by atoms with Crippen LogP contribution >= 0.6 is 11.6 Å². The number of halogens is 4. The number of alkyl halides is 3. The van der Waals surface area contributed by atoms with Gasteiger partial charge in [-0.1, -0.05) is 11.6 Å². The number of benzene rings is 1. The number of nitrogens with zero attached hydrogens (tertiary/aromatic N) is 4. The molecule has 2 aromatic rings. The molecule has 0 fully saturated rings. The molecule has 0 aliphatic carbocycles. The van der Waals surface area contributed by atoms with Crippen LogP contribution in [-0.2, 0) is 13.2 Å². The fourth-order valence-corrected chi connectivity index (χ4v) is 2.36. The number of aromatic nitrogens is 2. The van der Waals surface area contributed by atoms with Crippen molar-refractivity contribution in [1.29, 1.82) is 0 Å². The number of hydrogen-bond donors (Lipinski definition) is 1. The number of nitro benzene ring substituents is 1. The Kier molecular flexibility index (Phi) is 4.98. The molecule has 26 heavy (non-hydrogen) atoms. The van der Waals surface area contributed by atoms with Gasteiger partial charge in [0.05, 0.1) is 4.92 Å². The van der Waals surface area contributed by atoms with Crippen LogP contribution < -0.4 is 9.64 Å². The minimum absolute atomic E-state index is 0.188. The number of carboxylic acid groups (broad SMARTS) is 1. The fraction of sp³-hybridized carbons (Fsp3) is 0.231. The summed E-state index contributed by atoms with van der Waals surface area (Å²) >= 11 is 5.66. The summed E-state index contributed by atoms with van der Waals surface area (Å²) in [5, 5.41) is 22.7. The van der Waals surface area contributed by atoms with Crippen LogP contribution in [0.15, 0.2) is 18.2 Å². The van der Waals surface area contributed by atoms with Crippen LogP contribution in [0.2, 0.25) is 5.02 Å². The molecule has 9 nitrogen and oxygen atoms in total. The van der Waals surface area contributed by atoms with Crippen molar-refractivity contribution in [1.82, 2.24) is 9.78 Å². The first-order chi connectivity index (χ1) is 11.9. The molecule has 1 aromatic heterocycles. The standard InChI is InChI=1S/C13H10ClF3N4O5/c1-19(12(22)23)8-5-6(3-4-7(8)21(24)25)26-11-9(14)10(13(15,16)17)20(2)18-11/h3-5H,1-2H3,(H,22,23). The monoisotopic (exact) mass is 394 g/mol. The van der Waals surface area contributed by atoms with E-state index in [2.05, 4.69) is 5.10 Å². The number of nitro groups is 1. The second kappa shape index (κ2) is 6.71. The maximum atomic E-state index is 12.9. The zero-order chi connectivity index (χ0) is 19.8. The second-order valence-electron chi connectivity index (χ2n) is 4.94. The van der Waals surface area contributed by atoms with Crippen LogP contribution in [0.4, 0.5) is 29.3 Å². The van der Waals surface area contributed by atoms with E-state index in [0.717, 1.165) is 32.3 Å². The van der Waals surface area contributed by atoms with Crippen molar-refractivity contribution in [3.63, 3.8) is 0 Å². The highest BCUT2D eigenvalue weighted by atomic mass is 35.5. The summed E-state index contributed by atoms with van der Waals surface area (Å²) in [7, 11) is 2.07. The highest BCUT2D eigenvalue weighted by molar-refractivity contribution is 6.32. The van der Waals surface area contributed by atoms with Crippen molar-refractivity contribution in [2.24, 2.45) is 7.05 Å². The lowest BCUT2D eigenvalue weighted by Crippen LogP contribution is -2.24. The molecule has 13 heteroatoms. The average molecular weight is 395 g/mol. The van der Waals surface area contributed by atoms with E-state index in [1.54, 1.807) is 0 Å². The summed E-state index contributed by atoms with van der Waals surface area (Å²) in [5.41, 5.74) is -2.12. The Balaban J connectivity index is 2.47. The zero-order valence-corrected chi connectivity index (χ0v) is 13.9. The summed E-state index contributed by atoms with van der Waals surface area (Å²) in [6, 6.07) is 3.01. The van der Waals surface area contributed by atoms with Gasteiger partial charge in [0.1, 0.15) is 16.5 Å². The Morgan fingerprint density at radius 2 is 2.08 bits per heavy atom. The first kappa shape index (κ1) is 19.3. The van der Waals surface area contributed by atoms with Gasteiger partial charge in [0, 0.05) is 26.2 Å². The normalized spacial score (nSPS) is 11.3. The van der Waals surface area contributed by atoms with Crippen molar-refractivity contribution in [3.8, 4) is 11.6 Å². The Morgan fingerprint density at radius 1 is 1.46 bits per heavy atom. The molecule has 140 valence electrons. The van der Waals surface area contributed by atoms with Crippen LogP contribution in [0.25, 0.3) is 0 Å². The number of ether oxygens (including phenoxy) is 1. The summed E-state index contributed by atoms with van der Waals surface area (Å²) in [4.78, 5) is 21.8. The van der Waals surface area contributed by atoms with Crippen molar-refractivity contribution in [3.05, 3.63) is 39.0 Å². The van der Waals surface area contributed by atoms with Gasteiger partial charge in [-0.2, -0.15) is 13.2 Å². The first-order valence-corrected chi connectivity index (χ1v) is 7.04. The van der Waals surface area contributed by atoms with E-state index in [1.165, 1.54) is 0 Å². The van der Waals surface area contributed by atoms with Gasteiger partial charge >= 0.3 is 12.3 Å². The lowest BCUT2D eigenvalue weighted by molar-refractivity contribution is -0.384. The smallest absolute Gasteiger partial charge is 0.434 e. The number of amides is 1. The minimum atomic E-state index is -4.77. The fourth-order valence-electron chi connectivity index (χ4n) is 2.05. The maximum absolute atomic E-state index is 12.9. The quantitative estimate of drug-likeness (QED) is 0.621. The lowest BCUT2D eigenvalue weighted by Gasteiger charge is -2.14. The van der Waals surface area contributed by atoms with E-state index < -0.39 is 39.5 Å². The van der Waals surface area contributed by atoms with Gasteiger partial charge in [-0.15, -0.1) is 5.10 Å². The molecular weight excluding hydrogens is 385 g/mol. The summed E-state index contributed by atoms with van der Waals surface area (Å²) in [5.74, 6) is -0.772. The van der Waals surface area contributed by atoms with E-state index in [0.29, 0.717) is 9.58 Å². The Bertz CT molecular complexity index is 883. The van der Waals surface area contributed by atoms with Gasteiger partial charge in [-0.25, -0.2) is 4.79 Å². The lowest BCUT2D eigenvalue weighted by atomic mass is 10.2. The molecule has 0 aliphatic heterocycles. The van der Waals surface area contributed by atoms with Crippen molar-refractivity contribution in [2.45, 2.75) is 6.18 Å². The molecule has 0 radical (unpaired) electrons. The minimum Gasteiger partial charge on any atom is -0.465 e. The van der Waals surface area contributed by atoms with Crippen LogP contribution in [0.3, 0.4) is 0 Å². The molecule has 1 aromatic carbocycles.